The van der Waals surface area contributed by atoms with E-state index in [9.17, 15) is 4.79 Å². The van der Waals surface area contributed by atoms with Crippen LogP contribution in [0.25, 0.3) is 10.6 Å². The summed E-state index contributed by atoms with van der Waals surface area (Å²) in [6.45, 7) is 0. The van der Waals surface area contributed by atoms with Gasteiger partial charge in [-0.3, -0.25) is 9.78 Å². The summed E-state index contributed by atoms with van der Waals surface area (Å²) in [6.07, 6.45) is 6.08. The van der Waals surface area contributed by atoms with Gasteiger partial charge in [0.05, 0.1) is 12.1 Å². The minimum Gasteiger partial charge on any atom is -0.300 e. The molecule has 3 heterocycles. The highest BCUT2D eigenvalue weighted by Crippen LogP contribution is 2.42. The van der Waals surface area contributed by atoms with Crippen LogP contribution in [0.3, 0.4) is 0 Å². The van der Waals surface area contributed by atoms with Gasteiger partial charge >= 0.3 is 0 Å². The molecule has 0 bridgehead atoms. The SMILES string of the molecule is O=C(Cc1csc(-c2cccnc2)n1)Nc1nnc(C2CC2)s1. The number of aromatic nitrogens is 4. The zero-order valence-corrected chi connectivity index (χ0v) is 13.7. The average molecular weight is 343 g/mol. The Labute approximate surface area is 140 Å². The highest BCUT2D eigenvalue weighted by atomic mass is 32.1. The molecule has 8 heteroatoms. The van der Waals surface area contributed by atoms with Crippen LogP contribution in [0.4, 0.5) is 5.13 Å². The number of nitrogens with zero attached hydrogens (tertiary/aromatic N) is 4. The molecule has 116 valence electrons. The molecule has 1 saturated carbocycles. The van der Waals surface area contributed by atoms with Crippen LogP contribution in [0.5, 0.6) is 0 Å². The molecule has 1 aliphatic rings. The Bertz CT molecular complexity index is 825. The number of rotatable bonds is 5. The first-order valence-corrected chi connectivity index (χ1v) is 8.95. The van der Waals surface area contributed by atoms with Crippen LogP contribution in [0.1, 0.15) is 29.5 Å². The van der Waals surface area contributed by atoms with Gasteiger partial charge in [0.2, 0.25) is 11.0 Å². The lowest BCUT2D eigenvalue weighted by atomic mass is 10.3. The van der Waals surface area contributed by atoms with Crippen molar-refractivity contribution in [1.82, 2.24) is 20.2 Å². The van der Waals surface area contributed by atoms with Gasteiger partial charge in [-0.15, -0.1) is 21.5 Å². The summed E-state index contributed by atoms with van der Waals surface area (Å²) in [6, 6.07) is 3.83. The molecule has 4 rings (SSSR count). The minimum absolute atomic E-state index is 0.119. The lowest BCUT2D eigenvalue weighted by Gasteiger charge is -1.98. The first-order valence-electron chi connectivity index (χ1n) is 7.26. The number of hydrogen-bond acceptors (Lipinski definition) is 7. The molecule has 0 unspecified atom stereocenters. The van der Waals surface area contributed by atoms with Crippen molar-refractivity contribution in [3.05, 3.63) is 40.6 Å². The summed E-state index contributed by atoms with van der Waals surface area (Å²) in [7, 11) is 0. The van der Waals surface area contributed by atoms with Gasteiger partial charge < -0.3 is 5.32 Å². The Morgan fingerprint density at radius 3 is 3.04 bits per heavy atom. The van der Waals surface area contributed by atoms with Crippen molar-refractivity contribution >= 4 is 33.7 Å². The molecule has 0 atom stereocenters. The summed E-state index contributed by atoms with van der Waals surface area (Å²) in [5, 5.41) is 15.3. The van der Waals surface area contributed by atoms with E-state index in [0.29, 0.717) is 11.0 Å². The fourth-order valence-corrected chi connectivity index (χ4v) is 3.86. The second-order valence-corrected chi connectivity index (χ2v) is 7.20. The third-order valence-electron chi connectivity index (χ3n) is 3.42. The van der Waals surface area contributed by atoms with E-state index < -0.39 is 0 Å². The molecule has 0 spiro atoms. The van der Waals surface area contributed by atoms with E-state index in [-0.39, 0.29) is 12.3 Å². The molecule has 1 N–H and O–H groups in total. The molecule has 3 aromatic heterocycles. The highest BCUT2D eigenvalue weighted by Gasteiger charge is 2.27. The predicted octanol–water partition coefficient (Wildman–Crippen LogP) is 3.12. The van der Waals surface area contributed by atoms with Gasteiger partial charge in [-0.2, -0.15) is 0 Å². The Morgan fingerprint density at radius 2 is 2.26 bits per heavy atom. The van der Waals surface area contributed by atoms with Crippen LogP contribution in [0, 0.1) is 0 Å². The fourth-order valence-electron chi connectivity index (χ4n) is 2.12. The van der Waals surface area contributed by atoms with E-state index in [1.165, 1.54) is 35.5 Å². The molecular weight excluding hydrogens is 330 g/mol. The van der Waals surface area contributed by atoms with Gasteiger partial charge in [0.15, 0.2) is 0 Å². The first-order chi connectivity index (χ1) is 11.3. The van der Waals surface area contributed by atoms with Gasteiger partial charge in [-0.25, -0.2) is 4.98 Å². The third kappa shape index (κ3) is 3.43. The van der Waals surface area contributed by atoms with Crippen LogP contribution >= 0.6 is 22.7 Å². The third-order valence-corrected chi connectivity index (χ3v) is 5.36. The van der Waals surface area contributed by atoms with E-state index in [1.807, 2.05) is 17.5 Å². The lowest BCUT2D eigenvalue weighted by Crippen LogP contribution is -2.14. The molecule has 0 aliphatic heterocycles. The van der Waals surface area contributed by atoms with Gasteiger partial charge in [0.1, 0.15) is 10.0 Å². The fraction of sp³-hybridized carbons (Fsp3) is 0.267. The number of thiazole rings is 1. The summed E-state index contributed by atoms with van der Waals surface area (Å²) in [5.74, 6) is 0.435. The molecule has 1 amide bonds. The molecule has 23 heavy (non-hydrogen) atoms. The molecule has 0 aromatic carbocycles. The Balaban J connectivity index is 1.39. The summed E-state index contributed by atoms with van der Waals surface area (Å²) < 4.78 is 0. The summed E-state index contributed by atoms with van der Waals surface area (Å²) >= 11 is 2.97. The second-order valence-electron chi connectivity index (χ2n) is 5.33. The number of amides is 1. The Morgan fingerprint density at radius 1 is 1.35 bits per heavy atom. The van der Waals surface area contributed by atoms with Gasteiger partial charge in [0, 0.05) is 29.3 Å². The van der Waals surface area contributed by atoms with E-state index in [0.717, 1.165) is 21.3 Å². The predicted molar refractivity (Wildman–Crippen MR) is 89.6 cm³/mol. The zero-order chi connectivity index (χ0) is 15.6. The van der Waals surface area contributed by atoms with Crippen LogP contribution < -0.4 is 5.32 Å². The highest BCUT2D eigenvalue weighted by molar-refractivity contribution is 7.15. The molecule has 3 aromatic rings. The lowest BCUT2D eigenvalue weighted by molar-refractivity contribution is -0.115. The average Bonchev–Trinajstić information content (AvgIpc) is 3.14. The van der Waals surface area contributed by atoms with Gasteiger partial charge in [-0.1, -0.05) is 11.3 Å². The Hall–Kier alpha value is -2.19. The van der Waals surface area contributed by atoms with Gasteiger partial charge in [0.25, 0.3) is 0 Å². The molecule has 0 radical (unpaired) electrons. The molecule has 0 saturated heterocycles. The Kier molecular flexibility index (Phi) is 3.84. The van der Waals surface area contributed by atoms with Gasteiger partial charge in [-0.05, 0) is 25.0 Å². The van der Waals surface area contributed by atoms with Crippen LogP contribution in [0.2, 0.25) is 0 Å². The number of carbonyl (C=O) groups is 1. The van der Waals surface area contributed by atoms with E-state index in [1.54, 1.807) is 12.4 Å². The molecule has 1 fully saturated rings. The van der Waals surface area contributed by atoms with E-state index in [2.05, 4.69) is 25.5 Å². The van der Waals surface area contributed by atoms with Crippen molar-refractivity contribution in [2.24, 2.45) is 0 Å². The van der Waals surface area contributed by atoms with Crippen LogP contribution in [0.15, 0.2) is 29.9 Å². The maximum absolute atomic E-state index is 12.1. The summed E-state index contributed by atoms with van der Waals surface area (Å²) in [5.41, 5.74) is 1.71. The number of carbonyl (C=O) groups excluding carboxylic acids is 1. The van der Waals surface area contributed by atoms with Crippen molar-refractivity contribution in [3.8, 4) is 10.6 Å². The van der Waals surface area contributed by atoms with Crippen molar-refractivity contribution in [2.75, 3.05) is 5.32 Å². The monoisotopic (exact) mass is 343 g/mol. The van der Waals surface area contributed by atoms with E-state index >= 15 is 0 Å². The largest absolute Gasteiger partial charge is 0.300 e. The molecule has 1 aliphatic carbocycles. The van der Waals surface area contributed by atoms with E-state index in [4.69, 9.17) is 0 Å². The number of anilines is 1. The number of hydrogen-bond donors (Lipinski definition) is 1. The number of pyridine rings is 1. The van der Waals surface area contributed by atoms with Crippen molar-refractivity contribution < 1.29 is 4.79 Å². The standard InChI is InChI=1S/C15H13N5OS2/c21-12(18-15-20-19-14(23-15)9-3-4-9)6-11-8-22-13(17-11)10-2-1-5-16-7-10/h1-2,5,7-9H,3-4,6H2,(H,18,20,21). The zero-order valence-electron chi connectivity index (χ0n) is 12.1. The molecular formula is C15H13N5OS2. The minimum atomic E-state index is -0.119. The normalized spacial score (nSPS) is 13.9. The van der Waals surface area contributed by atoms with Crippen LogP contribution in [-0.2, 0) is 11.2 Å². The smallest absolute Gasteiger partial charge is 0.232 e. The molecule has 6 nitrogen and oxygen atoms in total. The topological polar surface area (TPSA) is 80.7 Å². The van der Waals surface area contributed by atoms with Crippen molar-refractivity contribution in [3.63, 3.8) is 0 Å². The van der Waals surface area contributed by atoms with Crippen LogP contribution in [-0.4, -0.2) is 26.1 Å². The number of nitrogens with one attached hydrogen (secondary N) is 1. The summed E-state index contributed by atoms with van der Waals surface area (Å²) in [4.78, 5) is 20.7. The first kappa shape index (κ1) is 14.4. The second kappa shape index (κ2) is 6.13. The van der Waals surface area contributed by atoms with Crippen molar-refractivity contribution in [1.29, 1.82) is 0 Å². The quantitative estimate of drug-likeness (QED) is 0.770. The maximum atomic E-state index is 12.1. The van der Waals surface area contributed by atoms with Crippen molar-refractivity contribution in [2.45, 2.75) is 25.2 Å². The maximum Gasteiger partial charge on any atom is 0.232 e.